The fourth-order valence-electron chi connectivity index (χ4n) is 7.09. The maximum atomic E-state index is 16.2. The molecule has 0 saturated heterocycles. The van der Waals surface area contributed by atoms with Gasteiger partial charge in [-0.2, -0.15) is 0 Å². The molecule has 3 aliphatic heterocycles. The van der Waals surface area contributed by atoms with Crippen LogP contribution in [0, 0.1) is 17.5 Å². The Hall–Kier alpha value is -4.34. The van der Waals surface area contributed by atoms with E-state index in [2.05, 4.69) is 19.2 Å². The number of anilines is 1. The predicted octanol–water partition coefficient (Wildman–Crippen LogP) is 6.46. The third-order valence-corrected chi connectivity index (χ3v) is 8.62. The number of hydrogen-bond donors (Lipinski definition) is 3. The monoisotopic (exact) mass is 592 g/mol. The van der Waals surface area contributed by atoms with Gasteiger partial charge in [-0.3, -0.25) is 4.99 Å². The highest BCUT2D eigenvalue weighted by atomic mass is 19.2. The van der Waals surface area contributed by atoms with Crippen molar-refractivity contribution in [2.45, 2.75) is 77.3 Å². The molecule has 0 saturated carbocycles. The van der Waals surface area contributed by atoms with Crippen molar-refractivity contribution in [3.8, 4) is 11.5 Å². The first-order valence-electron chi connectivity index (χ1n) is 14.1. The molecule has 43 heavy (non-hydrogen) atoms. The molecule has 3 aromatic carbocycles. The number of carbonyl (C=O) groups is 2. The van der Waals surface area contributed by atoms with Crippen molar-refractivity contribution in [3.63, 3.8) is 0 Å². The van der Waals surface area contributed by atoms with Crippen LogP contribution in [0.15, 0.2) is 29.3 Å². The van der Waals surface area contributed by atoms with Gasteiger partial charge in [0.15, 0.2) is 11.6 Å². The highest BCUT2D eigenvalue weighted by molar-refractivity contribution is 6.01. The first-order chi connectivity index (χ1) is 20.0. The Morgan fingerprint density at radius 2 is 1.49 bits per heavy atom. The zero-order valence-electron chi connectivity index (χ0n) is 24.6. The second-order valence-corrected chi connectivity index (χ2v) is 13.1. The van der Waals surface area contributed by atoms with Crippen LogP contribution in [0.5, 0.6) is 11.5 Å². The van der Waals surface area contributed by atoms with Crippen LogP contribution in [0.25, 0.3) is 5.57 Å². The summed E-state index contributed by atoms with van der Waals surface area (Å²) in [6.07, 6.45) is 1.44. The number of hydrogen-bond acceptors (Lipinski definition) is 5. The van der Waals surface area contributed by atoms with Gasteiger partial charge in [-0.15, -0.1) is 0 Å². The van der Waals surface area contributed by atoms with Crippen molar-refractivity contribution in [1.82, 2.24) is 0 Å². The van der Waals surface area contributed by atoms with E-state index in [0.29, 0.717) is 11.8 Å². The van der Waals surface area contributed by atoms with Crippen LogP contribution < -0.4 is 20.6 Å². The van der Waals surface area contributed by atoms with E-state index in [1.54, 1.807) is 24.3 Å². The van der Waals surface area contributed by atoms with E-state index < -0.39 is 46.1 Å². The standard InChI is InChI=1S/C33H31F3N2O5/c1-13-11-32(3,4)37-19-9-21-17(7-15(13)19)23(24-25(30(39)40)28(35)29(36)26(27(24)34)31(41)42)18-8-16-14(2)12-33(5,6)38-20(16)10-22(18)43-21/h7-10,13-14,37H,11-12H2,1-6H3,(H,39,40)(H,41,42). The van der Waals surface area contributed by atoms with Crippen molar-refractivity contribution >= 4 is 23.2 Å². The third kappa shape index (κ3) is 4.46. The lowest BCUT2D eigenvalue weighted by molar-refractivity contribution is 0.0665. The Morgan fingerprint density at radius 1 is 0.860 bits per heavy atom. The summed E-state index contributed by atoms with van der Waals surface area (Å²) in [6, 6.07) is 6.85. The average Bonchev–Trinajstić information content (AvgIpc) is 2.86. The number of fused-ring (bicyclic) bond motifs is 4. The molecule has 2 atom stereocenters. The molecule has 3 N–H and O–H groups in total. The summed E-state index contributed by atoms with van der Waals surface area (Å²) in [4.78, 5) is 29.2. The summed E-state index contributed by atoms with van der Waals surface area (Å²) in [5, 5.41) is 24.0. The van der Waals surface area contributed by atoms with Gasteiger partial charge in [-0.1, -0.05) is 13.8 Å². The van der Waals surface area contributed by atoms with Crippen molar-refractivity contribution in [1.29, 1.82) is 0 Å². The van der Waals surface area contributed by atoms with Crippen molar-refractivity contribution in [2.75, 3.05) is 5.32 Å². The summed E-state index contributed by atoms with van der Waals surface area (Å²) in [7, 11) is 0. The number of carboxylic acids is 2. The fraction of sp³-hybridized carbons (Fsp3) is 0.364. The molecule has 10 heteroatoms. The number of nitrogens with one attached hydrogen (secondary N) is 1. The van der Waals surface area contributed by atoms with Gasteiger partial charge in [0.25, 0.3) is 0 Å². The Kier molecular flexibility index (Phi) is 6.24. The third-order valence-electron chi connectivity index (χ3n) is 8.62. The van der Waals surface area contributed by atoms with Gasteiger partial charge < -0.3 is 20.3 Å². The topological polar surface area (TPSA) is 108 Å². The molecular weight excluding hydrogens is 561 g/mol. The highest BCUT2D eigenvalue weighted by Crippen LogP contribution is 2.47. The van der Waals surface area contributed by atoms with Gasteiger partial charge >= 0.3 is 11.9 Å². The summed E-state index contributed by atoms with van der Waals surface area (Å²) in [5.41, 5.74) is -1.81. The molecule has 224 valence electrons. The Bertz CT molecular complexity index is 1910. The molecule has 0 fully saturated rings. The maximum absolute atomic E-state index is 16.2. The number of ether oxygens (including phenoxy) is 1. The van der Waals surface area contributed by atoms with Crippen molar-refractivity contribution in [3.05, 3.63) is 85.7 Å². The zero-order chi connectivity index (χ0) is 31.3. The molecule has 0 radical (unpaired) electrons. The molecular formula is C33H31F3N2O5. The lowest BCUT2D eigenvalue weighted by Gasteiger charge is -2.38. The van der Waals surface area contributed by atoms with Gasteiger partial charge in [0, 0.05) is 45.3 Å². The second kappa shape index (κ2) is 9.33. The number of carboxylic acid groups (broad SMARTS) is 2. The van der Waals surface area contributed by atoms with Crippen LogP contribution >= 0.6 is 0 Å². The highest BCUT2D eigenvalue weighted by Gasteiger charge is 2.38. The Morgan fingerprint density at radius 3 is 2.14 bits per heavy atom. The Labute approximate surface area is 245 Å². The van der Waals surface area contributed by atoms with Gasteiger partial charge in [-0.05, 0) is 75.6 Å². The summed E-state index contributed by atoms with van der Waals surface area (Å²) < 4.78 is 52.9. The van der Waals surface area contributed by atoms with Crippen LogP contribution in [0.4, 0.5) is 18.9 Å². The minimum Gasteiger partial charge on any atom is -0.478 e. The quantitative estimate of drug-likeness (QED) is 0.236. The molecule has 3 heterocycles. The number of halogens is 3. The zero-order valence-corrected chi connectivity index (χ0v) is 24.6. The van der Waals surface area contributed by atoms with Crippen LogP contribution in [-0.4, -0.2) is 33.2 Å². The minimum absolute atomic E-state index is 0.00578. The predicted molar refractivity (Wildman–Crippen MR) is 153 cm³/mol. The molecule has 0 amide bonds. The van der Waals surface area contributed by atoms with Crippen LogP contribution in [0.2, 0.25) is 0 Å². The van der Waals surface area contributed by atoms with E-state index >= 15 is 8.78 Å². The van der Waals surface area contributed by atoms with Gasteiger partial charge in [0.2, 0.25) is 0 Å². The van der Waals surface area contributed by atoms with Crippen LogP contribution in [-0.2, 0) is 0 Å². The summed E-state index contributed by atoms with van der Waals surface area (Å²) in [5.74, 6) is -9.28. The maximum Gasteiger partial charge on any atom is 0.341 e. The normalized spacial score (nSPS) is 20.8. The van der Waals surface area contributed by atoms with E-state index in [1.807, 2.05) is 27.7 Å². The average molecular weight is 593 g/mol. The van der Waals surface area contributed by atoms with Gasteiger partial charge in [0.1, 0.15) is 28.4 Å². The summed E-state index contributed by atoms with van der Waals surface area (Å²) >= 11 is 0. The van der Waals surface area contributed by atoms with E-state index in [9.17, 15) is 24.2 Å². The van der Waals surface area contributed by atoms with Crippen molar-refractivity contribution < 1.29 is 37.7 Å². The summed E-state index contributed by atoms with van der Waals surface area (Å²) in [6.45, 7) is 12.1. The molecule has 7 nitrogen and oxygen atoms in total. The molecule has 6 rings (SSSR count). The number of nitrogens with zero attached hydrogens (tertiary/aromatic N) is 1. The van der Waals surface area contributed by atoms with Crippen LogP contribution in [0.1, 0.15) is 109 Å². The smallest absolute Gasteiger partial charge is 0.341 e. The van der Waals surface area contributed by atoms with E-state index in [4.69, 9.17) is 9.73 Å². The van der Waals surface area contributed by atoms with Crippen LogP contribution in [0.3, 0.4) is 0 Å². The number of rotatable bonds is 3. The minimum atomic E-state index is -2.08. The first kappa shape index (κ1) is 28.8. The van der Waals surface area contributed by atoms with Gasteiger partial charge in [-0.25, -0.2) is 22.8 Å². The molecule has 0 bridgehead atoms. The molecule has 0 spiro atoms. The first-order valence-corrected chi connectivity index (χ1v) is 14.1. The number of aromatic carboxylic acids is 2. The van der Waals surface area contributed by atoms with E-state index in [-0.39, 0.29) is 50.8 Å². The van der Waals surface area contributed by atoms with E-state index in [1.165, 1.54) is 0 Å². The van der Waals surface area contributed by atoms with Crippen molar-refractivity contribution in [2.24, 2.45) is 4.99 Å². The largest absolute Gasteiger partial charge is 0.478 e. The lowest BCUT2D eigenvalue weighted by Crippen LogP contribution is -2.37. The van der Waals surface area contributed by atoms with Gasteiger partial charge in [0.05, 0.1) is 10.9 Å². The molecule has 3 aliphatic rings. The molecule has 3 aromatic rings. The molecule has 0 aromatic heterocycles. The van der Waals surface area contributed by atoms with E-state index in [0.717, 1.165) is 23.2 Å². The molecule has 2 unspecified atom stereocenters. The molecule has 0 aliphatic carbocycles. The number of benzene rings is 3. The Balaban J connectivity index is 1.82. The fourth-order valence-corrected chi connectivity index (χ4v) is 7.09. The second-order valence-electron chi connectivity index (χ2n) is 13.1. The lowest BCUT2D eigenvalue weighted by atomic mass is 9.79. The SMILES string of the molecule is CC1CC(C)(C)Nc2cc3c(cc21)C(c1c(F)c(C(=O)O)c(F)c(F)c1C(=O)O)=c1cc2c(cc1O3)=NC(C)(C)CC2C.